The number of nitrogens with two attached hydrogens (primary N) is 2. The van der Waals surface area contributed by atoms with Crippen molar-refractivity contribution in [1.29, 1.82) is 0 Å². The van der Waals surface area contributed by atoms with Gasteiger partial charge in [-0.2, -0.15) is 9.59 Å². The maximum absolute atomic E-state index is 6.23. The molecule has 1 unspecified atom stereocenters. The first-order chi connectivity index (χ1) is 14.0. The second-order valence-corrected chi connectivity index (χ2v) is 7.52. The van der Waals surface area contributed by atoms with Crippen LogP contribution in [-0.2, 0) is 0 Å². The second-order valence-electron chi connectivity index (χ2n) is 7.52. The number of aromatic nitrogens is 10. The number of hydrogen-bond donors (Lipinski definition) is 5. The van der Waals surface area contributed by atoms with E-state index >= 15 is 0 Å². The van der Waals surface area contributed by atoms with Crippen molar-refractivity contribution in [3.8, 4) is 17.2 Å². The smallest absolute Gasteiger partial charge is 0.205 e. The predicted molar refractivity (Wildman–Crippen MR) is 108 cm³/mol. The summed E-state index contributed by atoms with van der Waals surface area (Å²) in [6, 6.07) is 9.90. The van der Waals surface area contributed by atoms with Gasteiger partial charge in [0, 0.05) is 5.56 Å². The molecule has 12 nitrogen and oxygen atoms in total. The number of nitrogens with zero attached hydrogens (tertiary/aromatic N) is 7. The number of fused-ring (bicyclic) bond motifs is 6. The van der Waals surface area contributed by atoms with Crippen LogP contribution in [0.25, 0.3) is 34.0 Å². The van der Waals surface area contributed by atoms with E-state index in [2.05, 4.69) is 44.4 Å². The molecule has 5 aromatic rings. The van der Waals surface area contributed by atoms with Gasteiger partial charge in [0.05, 0.1) is 0 Å². The largest absolute Gasteiger partial charge is 0.393 e. The van der Waals surface area contributed by atoms with Crippen LogP contribution in [0, 0.1) is 5.92 Å². The Bertz CT molecular complexity index is 1410. The van der Waals surface area contributed by atoms with Gasteiger partial charge >= 0.3 is 0 Å². The van der Waals surface area contributed by atoms with Gasteiger partial charge in [-0.25, -0.2) is 9.20 Å². The first kappa shape index (κ1) is 15.9. The van der Waals surface area contributed by atoms with Gasteiger partial charge in [0.25, 0.3) is 0 Å². The van der Waals surface area contributed by atoms with Crippen LogP contribution >= 0.6 is 0 Å². The van der Waals surface area contributed by atoms with Gasteiger partial charge in [-0.1, -0.05) is 44.2 Å². The van der Waals surface area contributed by atoms with Crippen LogP contribution in [0.1, 0.15) is 20.0 Å². The Morgan fingerprint density at radius 1 is 1.03 bits per heavy atom. The molecule has 12 heteroatoms. The number of H-pyrrole nitrogens is 3. The summed E-state index contributed by atoms with van der Waals surface area (Å²) < 4.78 is 3.68. The lowest BCUT2D eigenvalue weighted by atomic mass is 10.2. The molecule has 0 aliphatic carbocycles. The Morgan fingerprint density at radius 3 is 2.59 bits per heavy atom. The fourth-order valence-electron chi connectivity index (χ4n) is 3.98. The van der Waals surface area contributed by atoms with Crippen LogP contribution in [0.5, 0.6) is 0 Å². The van der Waals surface area contributed by atoms with Gasteiger partial charge in [0.1, 0.15) is 11.2 Å². The zero-order chi connectivity index (χ0) is 19.9. The minimum absolute atomic E-state index is 0.118. The van der Waals surface area contributed by atoms with Gasteiger partial charge < -0.3 is 11.5 Å². The number of nitrogen functional groups attached to an aromatic ring is 2. The average Bonchev–Trinajstić information content (AvgIpc) is 3.41. The molecule has 1 aliphatic rings. The topological polar surface area (TPSA) is 157 Å². The fraction of sp³-hybridized carbons (Fsp3) is 0.235. The van der Waals surface area contributed by atoms with Gasteiger partial charge in [-0.05, 0) is 5.92 Å². The molecule has 0 fully saturated rings. The third kappa shape index (κ3) is 1.94. The van der Waals surface area contributed by atoms with Crippen LogP contribution in [-0.4, -0.2) is 49.4 Å². The minimum Gasteiger partial charge on any atom is -0.393 e. The molecule has 0 radical (unpaired) electrons. The van der Waals surface area contributed by atoms with Crippen LogP contribution in [0.15, 0.2) is 30.3 Å². The van der Waals surface area contributed by atoms with Crippen molar-refractivity contribution in [2.24, 2.45) is 5.92 Å². The molecule has 29 heavy (non-hydrogen) atoms. The van der Waals surface area contributed by atoms with Crippen molar-refractivity contribution in [3.63, 3.8) is 0 Å². The normalized spacial score (nSPS) is 15.5. The number of benzene rings is 1. The molecule has 0 saturated heterocycles. The van der Waals surface area contributed by atoms with Crippen LogP contribution in [0.2, 0.25) is 0 Å². The number of anilines is 2. The zero-order valence-corrected chi connectivity index (χ0v) is 15.8. The standard InChI is InChI=1S/C17H20N12/c1-8(2)16-27-17(10(18)12(19)23-27)29-22-11-13(25-28(16)29)24-26-14(20-21-15(11)26)9-6-4-3-5-7-9/h3-8,16,22,24-25H,18H2,1-2H3,(H2,19,23). The Balaban J connectivity index is 1.65. The van der Waals surface area contributed by atoms with Gasteiger partial charge in [-0.15, -0.1) is 15.3 Å². The van der Waals surface area contributed by atoms with Gasteiger partial charge in [0.2, 0.25) is 5.65 Å². The Morgan fingerprint density at radius 2 is 1.83 bits per heavy atom. The molecular weight excluding hydrogens is 372 g/mol. The predicted octanol–water partition coefficient (Wildman–Crippen LogP) is 1.63. The third-order valence-corrected chi connectivity index (χ3v) is 5.30. The lowest BCUT2D eigenvalue weighted by molar-refractivity contribution is 0.264. The Hall–Kier alpha value is -4.09. The van der Waals surface area contributed by atoms with Crippen molar-refractivity contribution >= 4 is 28.3 Å². The molecule has 148 valence electrons. The minimum atomic E-state index is -0.118. The monoisotopic (exact) mass is 392 g/mol. The summed E-state index contributed by atoms with van der Waals surface area (Å²) >= 11 is 0. The zero-order valence-electron chi connectivity index (χ0n) is 15.8. The van der Waals surface area contributed by atoms with E-state index < -0.39 is 0 Å². The summed E-state index contributed by atoms with van der Waals surface area (Å²) in [6.07, 6.45) is -0.118. The average molecular weight is 392 g/mol. The molecule has 0 spiro atoms. The van der Waals surface area contributed by atoms with E-state index in [4.69, 9.17) is 11.5 Å². The quantitative estimate of drug-likeness (QED) is 0.308. The first-order valence-corrected chi connectivity index (χ1v) is 9.33. The fourth-order valence-corrected chi connectivity index (χ4v) is 3.98. The summed E-state index contributed by atoms with van der Waals surface area (Å²) in [6.45, 7) is 4.23. The molecule has 5 heterocycles. The highest BCUT2D eigenvalue weighted by Crippen LogP contribution is 2.35. The summed E-state index contributed by atoms with van der Waals surface area (Å²) in [5.74, 6) is 1.95. The third-order valence-electron chi connectivity index (χ3n) is 5.30. The van der Waals surface area contributed by atoms with Crippen molar-refractivity contribution in [2.75, 3.05) is 11.5 Å². The van der Waals surface area contributed by atoms with E-state index in [0.717, 1.165) is 22.6 Å². The molecule has 1 aliphatic heterocycles. The number of nitrogens with one attached hydrogen (secondary N) is 3. The SMILES string of the molecule is CC(C)C1n2nc(N)c(N)c2-n2[nH]c3c([nH]n21)[nH]n1c(-c2ccccc2)nnc31. The summed E-state index contributed by atoms with van der Waals surface area (Å²) in [5, 5.41) is 23.3. The molecule has 1 atom stereocenters. The van der Waals surface area contributed by atoms with E-state index in [0.29, 0.717) is 23.0 Å². The maximum Gasteiger partial charge on any atom is 0.205 e. The van der Waals surface area contributed by atoms with Crippen molar-refractivity contribution in [1.82, 2.24) is 49.4 Å². The summed E-state index contributed by atoms with van der Waals surface area (Å²) in [5.41, 5.74) is 15.8. The van der Waals surface area contributed by atoms with Gasteiger partial charge in [0.15, 0.2) is 29.3 Å². The molecule has 4 aromatic heterocycles. The molecule has 0 bridgehead atoms. The van der Waals surface area contributed by atoms with E-state index in [1.165, 1.54) is 0 Å². The van der Waals surface area contributed by atoms with E-state index in [1.54, 1.807) is 0 Å². The molecule has 0 saturated carbocycles. The number of rotatable bonds is 2. The molecular formula is C17H20N12. The van der Waals surface area contributed by atoms with Gasteiger partial charge in [-0.3, -0.25) is 15.3 Å². The number of hydrogen-bond acceptors (Lipinski definition) is 5. The van der Waals surface area contributed by atoms with Crippen molar-refractivity contribution in [2.45, 2.75) is 20.0 Å². The van der Waals surface area contributed by atoms with Crippen LogP contribution in [0.4, 0.5) is 11.5 Å². The van der Waals surface area contributed by atoms with E-state index in [9.17, 15) is 0 Å². The molecule has 0 amide bonds. The maximum atomic E-state index is 6.23. The Kier molecular flexibility index (Phi) is 2.88. The highest BCUT2D eigenvalue weighted by atomic mass is 15.8. The Labute approximate surface area is 163 Å². The molecule has 6 rings (SSSR count). The molecule has 1 aromatic carbocycles. The van der Waals surface area contributed by atoms with Crippen LogP contribution < -0.4 is 11.5 Å². The molecule has 7 N–H and O–H groups in total. The lowest BCUT2D eigenvalue weighted by Gasteiger charge is -2.19. The van der Waals surface area contributed by atoms with E-state index in [-0.39, 0.29) is 12.1 Å². The number of aromatic amines is 3. The second kappa shape index (κ2) is 5.25. The van der Waals surface area contributed by atoms with Crippen molar-refractivity contribution in [3.05, 3.63) is 30.3 Å². The highest BCUT2D eigenvalue weighted by Gasteiger charge is 2.35. The highest BCUT2D eigenvalue weighted by molar-refractivity contribution is 5.86. The van der Waals surface area contributed by atoms with Crippen molar-refractivity contribution < 1.29 is 0 Å². The first-order valence-electron chi connectivity index (χ1n) is 9.33. The van der Waals surface area contributed by atoms with E-state index in [1.807, 2.05) is 49.1 Å². The van der Waals surface area contributed by atoms with Crippen LogP contribution in [0.3, 0.4) is 0 Å². The summed E-state index contributed by atoms with van der Waals surface area (Å²) in [7, 11) is 0. The lowest BCUT2D eigenvalue weighted by Crippen LogP contribution is -2.25. The summed E-state index contributed by atoms with van der Waals surface area (Å²) in [4.78, 5) is 3.76.